The van der Waals surface area contributed by atoms with Gasteiger partial charge in [0.15, 0.2) is 0 Å². The van der Waals surface area contributed by atoms with Gasteiger partial charge >= 0.3 is 0 Å². The van der Waals surface area contributed by atoms with E-state index in [1.165, 1.54) is 22.6 Å². The van der Waals surface area contributed by atoms with E-state index in [-0.39, 0.29) is 5.41 Å². The van der Waals surface area contributed by atoms with Crippen molar-refractivity contribution in [2.45, 2.75) is 43.8 Å². The molecular formula is C26H26N4O. The maximum absolute atomic E-state index is 5.72. The molecule has 0 N–H and O–H groups in total. The van der Waals surface area contributed by atoms with Crippen molar-refractivity contribution in [1.82, 2.24) is 19.4 Å². The Balaban J connectivity index is 1.43. The molecule has 0 aliphatic carbocycles. The summed E-state index contributed by atoms with van der Waals surface area (Å²) in [5, 5.41) is 0. The van der Waals surface area contributed by atoms with Gasteiger partial charge in [-0.3, -0.25) is 9.88 Å². The normalized spacial score (nSPS) is 23.3. The van der Waals surface area contributed by atoms with Gasteiger partial charge in [-0.05, 0) is 49.2 Å². The predicted octanol–water partition coefficient (Wildman–Crippen LogP) is 4.70. The molecule has 5 nitrogen and oxygen atoms in total. The molecule has 1 saturated heterocycles. The Morgan fingerprint density at radius 2 is 1.87 bits per heavy atom. The molecule has 5 heteroatoms. The largest absolute Gasteiger partial charge is 0.468 e. The second kappa shape index (κ2) is 7.50. The minimum Gasteiger partial charge on any atom is -0.468 e. The van der Waals surface area contributed by atoms with Crippen LogP contribution in [0.5, 0.6) is 0 Å². The fourth-order valence-corrected chi connectivity index (χ4v) is 5.72. The Morgan fingerprint density at radius 1 is 1.00 bits per heavy atom. The summed E-state index contributed by atoms with van der Waals surface area (Å²) in [6.07, 6.45) is 10.8. The fourth-order valence-electron chi connectivity index (χ4n) is 5.72. The highest BCUT2D eigenvalue weighted by atomic mass is 16.3. The highest BCUT2D eigenvalue weighted by Crippen LogP contribution is 2.47. The van der Waals surface area contributed by atoms with Crippen molar-refractivity contribution in [2.75, 3.05) is 6.54 Å². The van der Waals surface area contributed by atoms with Gasteiger partial charge in [0.2, 0.25) is 0 Å². The first-order valence-corrected chi connectivity index (χ1v) is 11.1. The number of nitrogens with zero attached hydrogens (tertiary/aromatic N) is 4. The average molecular weight is 411 g/mol. The van der Waals surface area contributed by atoms with Crippen LogP contribution < -0.4 is 0 Å². The van der Waals surface area contributed by atoms with Crippen LogP contribution in [0.15, 0.2) is 83.9 Å². The topological polar surface area (TPSA) is 47.1 Å². The van der Waals surface area contributed by atoms with Crippen molar-refractivity contribution in [3.63, 3.8) is 0 Å². The number of hydrogen-bond acceptors (Lipinski definition) is 4. The Labute approximate surface area is 182 Å². The summed E-state index contributed by atoms with van der Waals surface area (Å²) < 4.78 is 8.17. The number of likely N-dealkylation sites (tertiary alicyclic amines) is 1. The highest BCUT2D eigenvalue weighted by Gasteiger charge is 2.50. The van der Waals surface area contributed by atoms with Crippen molar-refractivity contribution in [3.05, 3.63) is 96.6 Å². The molecule has 31 heavy (non-hydrogen) atoms. The second-order valence-corrected chi connectivity index (χ2v) is 8.74. The van der Waals surface area contributed by atoms with Crippen LogP contribution in [0, 0.1) is 0 Å². The van der Waals surface area contributed by atoms with Crippen LogP contribution in [0.25, 0.3) is 11.3 Å². The van der Waals surface area contributed by atoms with Crippen LogP contribution in [0.3, 0.4) is 0 Å². The van der Waals surface area contributed by atoms with Crippen LogP contribution >= 0.6 is 0 Å². The Hall–Kier alpha value is -3.18. The fraction of sp³-hybridized carbons (Fsp3) is 0.308. The molecule has 1 fully saturated rings. The molecule has 0 spiro atoms. The lowest BCUT2D eigenvalue weighted by atomic mass is 9.71. The molecule has 6 rings (SSSR count). The number of fused-ring (bicyclic) bond motifs is 2. The summed E-state index contributed by atoms with van der Waals surface area (Å²) in [5.74, 6) is 2.22. The molecule has 3 aromatic heterocycles. The van der Waals surface area contributed by atoms with Crippen LogP contribution in [-0.4, -0.2) is 32.0 Å². The van der Waals surface area contributed by atoms with E-state index in [0.29, 0.717) is 6.04 Å². The standard InChI is InChI=1S/C26H26N4O/c1-2-5-21(6-3-1)26-11-8-25-28-17-23(20-9-13-27-14-10-20)30(25)19-24(26)29(15-12-26)18-22-7-4-16-31-22/h1-7,9-10,13-14,16-17,24H,8,11-12,15,18-19H2. The van der Waals surface area contributed by atoms with Crippen LogP contribution in [0.2, 0.25) is 0 Å². The van der Waals surface area contributed by atoms with E-state index in [2.05, 4.69) is 63.0 Å². The molecule has 0 saturated carbocycles. The van der Waals surface area contributed by atoms with E-state index >= 15 is 0 Å². The van der Waals surface area contributed by atoms with Gasteiger partial charge in [0.1, 0.15) is 11.6 Å². The predicted molar refractivity (Wildman–Crippen MR) is 119 cm³/mol. The van der Waals surface area contributed by atoms with Gasteiger partial charge in [-0.25, -0.2) is 4.98 Å². The van der Waals surface area contributed by atoms with E-state index in [0.717, 1.165) is 44.7 Å². The smallest absolute Gasteiger partial charge is 0.117 e. The molecule has 156 valence electrons. The summed E-state index contributed by atoms with van der Waals surface area (Å²) in [7, 11) is 0. The third-order valence-electron chi connectivity index (χ3n) is 7.28. The van der Waals surface area contributed by atoms with Gasteiger partial charge in [0.05, 0.1) is 24.7 Å². The van der Waals surface area contributed by atoms with E-state index < -0.39 is 0 Å². The summed E-state index contributed by atoms with van der Waals surface area (Å²) in [6.45, 7) is 2.86. The van der Waals surface area contributed by atoms with E-state index in [1.807, 2.05) is 24.7 Å². The Morgan fingerprint density at radius 3 is 2.68 bits per heavy atom. The molecule has 1 aromatic carbocycles. The van der Waals surface area contributed by atoms with Crippen LogP contribution in [0.4, 0.5) is 0 Å². The second-order valence-electron chi connectivity index (χ2n) is 8.74. The maximum atomic E-state index is 5.72. The van der Waals surface area contributed by atoms with Crippen molar-refractivity contribution in [3.8, 4) is 11.3 Å². The Kier molecular flexibility index (Phi) is 4.50. The number of imidazole rings is 1. The van der Waals surface area contributed by atoms with Crippen molar-refractivity contribution in [1.29, 1.82) is 0 Å². The molecule has 2 unspecified atom stereocenters. The van der Waals surface area contributed by atoms with Gasteiger partial charge in [0, 0.05) is 42.4 Å². The number of hydrogen-bond donors (Lipinski definition) is 0. The van der Waals surface area contributed by atoms with Gasteiger partial charge < -0.3 is 8.98 Å². The molecule has 0 radical (unpaired) electrons. The lowest BCUT2D eigenvalue weighted by molar-refractivity contribution is 0.167. The average Bonchev–Trinajstić information content (AvgIpc) is 3.54. The zero-order valence-electron chi connectivity index (χ0n) is 17.5. The number of rotatable bonds is 4. The molecule has 2 atom stereocenters. The third kappa shape index (κ3) is 3.12. The summed E-state index contributed by atoms with van der Waals surface area (Å²) in [6, 6.07) is 19.7. The van der Waals surface area contributed by atoms with Gasteiger partial charge in [-0.1, -0.05) is 30.3 Å². The number of furan rings is 1. The summed E-state index contributed by atoms with van der Waals surface area (Å²) in [5.41, 5.74) is 3.95. The first-order valence-electron chi connectivity index (χ1n) is 11.1. The molecule has 2 aliphatic heterocycles. The monoisotopic (exact) mass is 410 g/mol. The summed E-state index contributed by atoms with van der Waals surface area (Å²) in [4.78, 5) is 11.7. The zero-order chi connectivity index (χ0) is 20.7. The first kappa shape index (κ1) is 18.6. The highest BCUT2D eigenvalue weighted by molar-refractivity contribution is 5.58. The van der Waals surface area contributed by atoms with Crippen LogP contribution in [-0.2, 0) is 24.9 Å². The minimum absolute atomic E-state index is 0.129. The lowest BCUT2D eigenvalue weighted by Gasteiger charge is -2.37. The summed E-state index contributed by atoms with van der Waals surface area (Å²) >= 11 is 0. The first-order chi connectivity index (χ1) is 15.3. The van der Waals surface area contributed by atoms with Crippen LogP contribution in [0.1, 0.15) is 30.0 Å². The number of aromatic nitrogens is 3. The third-order valence-corrected chi connectivity index (χ3v) is 7.28. The molecular weight excluding hydrogens is 384 g/mol. The maximum Gasteiger partial charge on any atom is 0.117 e. The molecule has 0 amide bonds. The quantitative estimate of drug-likeness (QED) is 0.489. The van der Waals surface area contributed by atoms with Gasteiger partial charge in [-0.2, -0.15) is 0 Å². The van der Waals surface area contributed by atoms with Gasteiger partial charge in [-0.15, -0.1) is 0 Å². The van der Waals surface area contributed by atoms with Gasteiger partial charge in [0.25, 0.3) is 0 Å². The zero-order valence-corrected chi connectivity index (χ0v) is 17.5. The molecule has 5 heterocycles. The number of benzene rings is 1. The van der Waals surface area contributed by atoms with E-state index in [4.69, 9.17) is 9.40 Å². The Bertz CT molecular complexity index is 1150. The van der Waals surface area contributed by atoms with Crippen molar-refractivity contribution in [2.24, 2.45) is 0 Å². The number of aryl methyl sites for hydroxylation is 1. The minimum atomic E-state index is 0.129. The van der Waals surface area contributed by atoms with Crippen molar-refractivity contribution < 1.29 is 4.42 Å². The molecule has 4 aromatic rings. The van der Waals surface area contributed by atoms with E-state index in [1.54, 1.807) is 6.26 Å². The van der Waals surface area contributed by atoms with Crippen molar-refractivity contribution >= 4 is 0 Å². The molecule has 2 aliphatic rings. The molecule has 0 bridgehead atoms. The number of pyridine rings is 1. The SMILES string of the molecule is c1ccc(C23CCc4ncc(-c5ccncc5)n4CC2N(Cc2ccco2)CC3)cc1. The van der Waals surface area contributed by atoms with E-state index in [9.17, 15) is 0 Å². The lowest BCUT2D eigenvalue weighted by Crippen LogP contribution is -2.44.